The average molecular weight is 605 g/mol. The van der Waals surface area contributed by atoms with E-state index in [2.05, 4.69) is 9.80 Å². The van der Waals surface area contributed by atoms with Gasteiger partial charge in [0.2, 0.25) is 0 Å². The SMILES string of the molecule is O=C([O-])CCCCCN(CCCCCC(=O)[O-])CCN(CCCCCC(=O)[O-])CCCCCC(=O)[O-].[Na+].[Na+].[Na+].[Na+]. The maximum absolute atomic E-state index is 10.6. The molecule has 0 N–H and O–H groups in total. The first-order chi connectivity index (χ1) is 17.2. The van der Waals surface area contributed by atoms with Gasteiger partial charge in [-0.2, -0.15) is 0 Å². The molecule has 0 aliphatic rings. The summed E-state index contributed by atoms with van der Waals surface area (Å²) in [5, 5.41) is 42.4. The molecule has 0 aromatic carbocycles. The number of hydrogen-bond donors (Lipinski definition) is 0. The molecular formula is C26H44N2Na4O8. The molecule has 210 valence electrons. The van der Waals surface area contributed by atoms with Crippen molar-refractivity contribution in [1.82, 2.24) is 9.80 Å². The number of rotatable bonds is 27. The van der Waals surface area contributed by atoms with E-state index in [9.17, 15) is 39.6 Å². The van der Waals surface area contributed by atoms with Gasteiger partial charge in [0.1, 0.15) is 0 Å². The summed E-state index contributed by atoms with van der Waals surface area (Å²) in [6.45, 7) is 4.96. The van der Waals surface area contributed by atoms with Crippen LogP contribution in [0, 0.1) is 0 Å². The van der Waals surface area contributed by atoms with Crippen molar-refractivity contribution >= 4 is 23.9 Å². The van der Waals surface area contributed by atoms with Crippen LogP contribution in [0.5, 0.6) is 0 Å². The molecule has 0 rings (SSSR count). The molecule has 0 aromatic heterocycles. The third-order valence-electron chi connectivity index (χ3n) is 6.15. The monoisotopic (exact) mass is 604 g/mol. The molecule has 0 spiro atoms. The van der Waals surface area contributed by atoms with Crippen LogP contribution in [0.4, 0.5) is 0 Å². The maximum Gasteiger partial charge on any atom is 1.00 e. The molecule has 10 nitrogen and oxygen atoms in total. The average Bonchev–Trinajstić information content (AvgIpc) is 2.79. The van der Waals surface area contributed by atoms with Crippen molar-refractivity contribution < 1.29 is 158 Å². The molecule has 0 aliphatic heterocycles. The van der Waals surface area contributed by atoms with Crippen molar-refractivity contribution in [3.63, 3.8) is 0 Å². The third kappa shape index (κ3) is 39.8. The molecule has 0 radical (unpaired) electrons. The summed E-state index contributed by atoms with van der Waals surface area (Å²) in [4.78, 5) is 47.1. The van der Waals surface area contributed by atoms with E-state index >= 15 is 0 Å². The van der Waals surface area contributed by atoms with Crippen molar-refractivity contribution in [2.75, 3.05) is 39.3 Å². The fourth-order valence-corrected chi connectivity index (χ4v) is 4.08. The van der Waals surface area contributed by atoms with Gasteiger partial charge in [0.15, 0.2) is 0 Å². The predicted molar refractivity (Wildman–Crippen MR) is 127 cm³/mol. The van der Waals surface area contributed by atoms with Gasteiger partial charge in [-0.05, 0) is 103 Å². The summed E-state index contributed by atoms with van der Waals surface area (Å²) >= 11 is 0. The van der Waals surface area contributed by atoms with Gasteiger partial charge in [-0.1, -0.05) is 25.7 Å². The van der Waals surface area contributed by atoms with Crippen molar-refractivity contribution in [1.29, 1.82) is 0 Å². The second-order valence-corrected chi connectivity index (χ2v) is 9.41. The standard InChI is InChI=1S/C26H48N2O8.4Na/c29-23(30)13-5-1-9-17-27(18-10-2-6-14-24(31)32)21-22-28(19-11-3-7-15-25(33)34)20-12-4-8-16-26(35)36;;;;/h1-22H2,(H,29,30)(H,31,32)(H,33,34)(H,35,36);;;;/q;4*+1/p-4. The molecule has 0 saturated carbocycles. The van der Waals surface area contributed by atoms with Gasteiger partial charge in [-0.25, -0.2) is 0 Å². The number of carboxylic acid groups (broad SMARTS) is 4. The first-order valence-electron chi connectivity index (χ1n) is 13.4. The minimum Gasteiger partial charge on any atom is -0.550 e. The summed E-state index contributed by atoms with van der Waals surface area (Å²) in [5.41, 5.74) is 0. The summed E-state index contributed by atoms with van der Waals surface area (Å²) in [6, 6.07) is 0. The first-order valence-corrected chi connectivity index (χ1v) is 13.4. The molecule has 0 heterocycles. The van der Waals surface area contributed by atoms with Gasteiger partial charge < -0.3 is 49.4 Å². The Labute approximate surface area is 329 Å². The van der Waals surface area contributed by atoms with E-state index in [1.165, 1.54) is 0 Å². The quantitative estimate of drug-likeness (QED) is 0.0649. The summed E-state index contributed by atoms with van der Waals surface area (Å²) in [6.07, 6.45) is 9.31. The topological polar surface area (TPSA) is 167 Å². The fraction of sp³-hybridized carbons (Fsp3) is 0.846. The van der Waals surface area contributed by atoms with Crippen LogP contribution in [0.25, 0.3) is 0 Å². The molecule has 0 aliphatic carbocycles. The zero-order valence-corrected chi connectivity index (χ0v) is 33.7. The number of carbonyl (C=O) groups excluding carboxylic acids is 4. The van der Waals surface area contributed by atoms with Gasteiger partial charge >= 0.3 is 118 Å². The number of aliphatic carboxylic acids is 4. The van der Waals surface area contributed by atoms with E-state index in [-0.39, 0.29) is 144 Å². The Morgan fingerprint density at radius 1 is 0.325 bits per heavy atom. The number of hydrogen-bond acceptors (Lipinski definition) is 10. The van der Waals surface area contributed by atoms with E-state index in [0.29, 0.717) is 25.7 Å². The van der Waals surface area contributed by atoms with Gasteiger partial charge in [0.25, 0.3) is 0 Å². The van der Waals surface area contributed by atoms with E-state index < -0.39 is 23.9 Å². The number of unbranched alkanes of at least 4 members (excludes halogenated alkanes) is 8. The van der Waals surface area contributed by atoms with E-state index in [4.69, 9.17) is 0 Å². The zero-order chi connectivity index (χ0) is 27.0. The van der Waals surface area contributed by atoms with Gasteiger partial charge in [-0.3, -0.25) is 0 Å². The molecule has 40 heavy (non-hydrogen) atoms. The van der Waals surface area contributed by atoms with Crippen LogP contribution in [0.1, 0.15) is 103 Å². The van der Waals surface area contributed by atoms with Crippen molar-refractivity contribution in [3.05, 3.63) is 0 Å². The summed E-state index contributed by atoms with van der Waals surface area (Å²) in [7, 11) is 0. The largest absolute Gasteiger partial charge is 1.00 e. The summed E-state index contributed by atoms with van der Waals surface area (Å²) < 4.78 is 0. The van der Waals surface area contributed by atoms with Crippen LogP contribution in [-0.2, 0) is 19.2 Å². The van der Waals surface area contributed by atoms with Crippen molar-refractivity contribution in [3.8, 4) is 0 Å². The Morgan fingerprint density at radius 3 is 0.700 bits per heavy atom. The molecule has 0 aromatic rings. The molecule has 0 bridgehead atoms. The fourth-order valence-electron chi connectivity index (χ4n) is 4.08. The minimum absolute atomic E-state index is 0. The van der Waals surface area contributed by atoms with Crippen molar-refractivity contribution in [2.24, 2.45) is 0 Å². The number of nitrogens with zero attached hydrogens (tertiary/aromatic N) is 2. The van der Waals surface area contributed by atoms with Crippen LogP contribution in [0.3, 0.4) is 0 Å². The van der Waals surface area contributed by atoms with Gasteiger partial charge in [-0.15, -0.1) is 0 Å². The molecule has 0 fully saturated rings. The zero-order valence-electron chi connectivity index (χ0n) is 25.7. The van der Waals surface area contributed by atoms with Gasteiger partial charge in [0, 0.05) is 37.0 Å². The normalized spacial score (nSPS) is 10.2. The van der Waals surface area contributed by atoms with Crippen LogP contribution >= 0.6 is 0 Å². The Balaban J connectivity index is -0.00000102. The summed E-state index contributed by atoms with van der Waals surface area (Å²) in [5.74, 6) is -4.13. The number of carbonyl (C=O) groups is 4. The molecule has 0 saturated heterocycles. The van der Waals surface area contributed by atoms with Crippen LogP contribution in [0.15, 0.2) is 0 Å². The first kappa shape index (κ1) is 51.4. The van der Waals surface area contributed by atoms with Crippen LogP contribution < -0.4 is 139 Å². The predicted octanol–water partition coefficient (Wildman–Crippen LogP) is -13.2. The Morgan fingerprint density at radius 2 is 0.525 bits per heavy atom. The smallest absolute Gasteiger partial charge is 0.550 e. The maximum atomic E-state index is 10.6. The second kappa shape index (κ2) is 37.0. The molecule has 0 amide bonds. The minimum atomic E-state index is -1.03. The Bertz CT molecular complexity index is 534. The Kier molecular flexibility index (Phi) is 47.5. The molecule has 14 heteroatoms. The van der Waals surface area contributed by atoms with Crippen molar-refractivity contribution in [2.45, 2.75) is 103 Å². The second-order valence-electron chi connectivity index (χ2n) is 9.41. The van der Waals surface area contributed by atoms with E-state index in [1.54, 1.807) is 0 Å². The molecular weight excluding hydrogens is 560 g/mol. The molecule has 0 atom stereocenters. The van der Waals surface area contributed by atoms with Crippen LogP contribution in [-0.4, -0.2) is 72.9 Å². The van der Waals surface area contributed by atoms with Gasteiger partial charge in [0.05, 0.1) is 0 Å². The Hall–Kier alpha value is 1.80. The number of carboxylic acids is 4. The van der Waals surface area contributed by atoms with Crippen LogP contribution in [0.2, 0.25) is 0 Å². The van der Waals surface area contributed by atoms with E-state index in [1.807, 2.05) is 0 Å². The third-order valence-corrected chi connectivity index (χ3v) is 6.15. The van der Waals surface area contributed by atoms with E-state index in [0.717, 1.165) is 90.6 Å². The molecule has 0 unspecified atom stereocenters.